The Balaban J connectivity index is 2.10. The molecule has 0 fully saturated rings. The van der Waals surface area contributed by atoms with Gasteiger partial charge in [-0.2, -0.15) is 5.10 Å². The van der Waals surface area contributed by atoms with Crippen LogP contribution in [0.4, 0.5) is 5.69 Å². The Morgan fingerprint density at radius 2 is 2.11 bits per heavy atom. The predicted octanol–water partition coefficient (Wildman–Crippen LogP) is 0.663. The van der Waals surface area contributed by atoms with E-state index in [9.17, 15) is 4.79 Å². The lowest BCUT2D eigenvalue weighted by Gasteiger charge is -2.00. The van der Waals surface area contributed by atoms with Crippen LogP contribution in [-0.4, -0.2) is 27.2 Å². The van der Waals surface area contributed by atoms with Gasteiger partial charge in [0.25, 0.3) is 0 Å². The predicted molar refractivity (Wildman–Crippen MR) is 68.6 cm³/mol. The van der Waals surface area contributed by atoms with Crippen molar-refractivity contribution in [2.45, 2.75) is 13.5 Å². The van der Waals surface area contributed by atoms with E-state index in [0.717, 1.165) is 5.56 Å². The van der Waals surface area contributed by atoms with Crippen LogP contribution in [-0.2, 0) is 11.3 Å². The molecule has 2 rings (SSSR count). The van der Waals surface area contributed by atoms with E-state index in [-0.39, 0.29) is 12.5 Å². The smallest absolute Gasteiger partial charge is 0.241 e. The molecule has 0 bridgehead atoms. The summed E-state index contributed by atoms with van der Waals surface area (Å²) in [6.07, 6.45) is 1.54. The second kappa shape index (κ2) is 5.31. The minimum Gasteiger partial charge on any atom is -0.399 e. The van der Waals surface area contributed by atoms with Crippen LogP contribution in [0.3, 0.4) is 0 Å². The van der Waals surface area contributed by atoms with Gasteiger partial charge in [-0.3, -0.25) is 4.79 Å². The standard InChI is InChI=1S/C12H15N5O/c1-2-14-11(18)7-17-8-15-12(16-17)9-3-5-10(13)6-4-9/h3-6,8H,2,7,13H2,1H3,(H,14,18). The number of benzene rings is 1. The maximum absolute atomic E-state index is 11.4. The van der Waals surface area contributed by atoms with E-state index in [1.807, 2.05) is 19.1 Å². The van der Waals surface area contributed by atoms with Crippen LogP contribution in [0.25, 0.3) is 11.4 Å². The third-order valence-electron chi connectivity index (χ3n) is 2.38. The summed E-state index contributed by atoms with van der Waals surface area (Å²) in [5.74, 6) is 0.505. The largest absolute Gasteiger partial charge is 0.399 e. The molecule has 0 spiro atoms. The average molecular weight is 245 g/mol. The minimum atomic E-state index is -0.0775. The van der Waals surface area contributed by atoms with E-state index < -0.39 is 0 Å². The van der Waals surface area contributed by atoms with Gasteiger partial charge in [-0.25, -0.2) is 9.67 Å². The number of nitrogens with two attached hydrogens (primary N) is 1. The number of nitrogen functional groups attached to an aromatic ring is 1. The minimum absolute atomic E-state index is 0.0775. The van der Waals surface area contributed by atoms with Gasteiger partial charge < -0.3 is 11.1 Å². The lowest BCUT2D eigenvalue weighted by molar-refractivity contribution is -0.121. The number of carbonyl (C=O) groups excluding carboxylic acids is 1. The number of likely N-dealkylation sites (N-methyl/N-ethyl adjacent to an activating group) is 1. The zero-order valence-corrected chi connectivity index (χ0v) is 10.1. The average Bonchev–Trinajstić information content (AvgIpc) is 2.78. The lowest BCUT2D eigenvalue weighted by Crippen LogP contribution is -2.27. The maximum Gasteiger partial charge on any atom is 0.241 e. The number of nitrogens with one attached hydrogen (secondary N) is 1. The number of carbonyl (C=O) groups is 1. The Morgan fingerprint density at radius 3 is 2.78 bits per heavy atom. The van der Waals surface area contributed by atoms with E-state index in [2.05, 4.69) is 15.4 Å². The van der Waals surface area contributed by atoms with Gasteiger partial charge in [-0.15, -0.1) is 0 Å². The molecule has 1 heterocycles. The molecule has 0 atom stereocenters. The van der Waals surface area contributed by atoms with Crippen molar-refractivity contribution in [1.29, 1.82) is 0 Å². The first-order valence-corrected chi connectivity index (χ1v) is 5.71. The summed E-state index contributed by atoms with van der Waals surface area (Å²) in [5, 5.41) is 6.94. The molecule has 0 aliphatic rings. The highest BCUT2D eigenvalue weighted by Gasteiger charge is 2.06. The van der Waals surface area contributed by atoms with Gasteiger partial charge in [0.1, 0.15) is 12.9 Å². The topological polar surface area (TPSA) is 85.8 Å². The highest BCUT2D eigenvalue weighted by atomic mass is 16.2. The summed E-state index contributed by atoms with van der Waals surface area (Å²) >= 11 is 0. The van der Waals surface area contributed by atoms with E-state index >= 15 is 0 Å². The number of anilines is 1. The molecular weight excluding hydrogens is 230 g/mol. The van der Waals surface area contributed by atoms with Gasteiger partial charge in [0.2, 0.25) is 5.91 Å². The van der Waals surface area contributed by atoms with E-state index in [1.54, 1.807) is 18.5 Å². The molecule has 3 N–H and O–H groups in total. The lowest BCUT2D eigenvalue weighted by atomic mass is 10.2. The van der Waals surface area contributed by atoms with Gasteiger partial charge in [-0.1, -0.05) is 0 Å². The Morgan fingerprint density at radius 1 is 1.39 bits per heavy atom. The first-order chi connectivity index (χ1) is 8.69. The van der Waals surface area contributed by atoms with Gasteiger partial charge in [0, 0.05) is 17.8 Å². The zero-order valence-electron chi connectivity index (χ0n) is 10.1. The number of hydrogen-bond acceptors (Lipinski definition) is 4. The molecule has 94 valence electrons. The molecular formula is C12H15N5O. The zero-order chi connectivity index (χ0) is 13.0. The van der Waals surface area contributed by atoms with Crippen molar-refractivity contribution in [3.63, 3.8) is 0 Å². The summed E-state index contributed by atoms with van der Waals surface area (Å²) in [5.41, 5.74) is 7.18. The number of rotatable bonds is 4. The Labute approximate surface area is 105 Å². The molecule has 6 heteroatoms. The van der Waals surface area contributed by atoms with Gasteiger partial charge in [-0.05, 0) is 31.2 Å². The van der Waals surface area contributed by atoms with Crippen molar-refractivity contribution in [3.05, 3.63) is 30.6 Å². The van der Waals surface area contributed by atoms with Crippen LogP contribution in [0.5, 0.6) is 0 Å². The second-order valence-corrected chi connectivity index (χ2v) is 3.84. The SMILES string of the molecule is CCNC(=O)Cn1cnc(-c2ccc(N)cc2)n1. The summed E-state index contributed by atoms with van der Waals surface area (Å²) < 4.78 is 1.51. The van der Waals surface area contributed by atoms with Crippen molar-refractivity contribution in [3.8, 4) is 11.4 Å². The molecule has 0 saturated carbocycles. The van der Waals surface area contributed by atoms with Crippen LogP contribution in [0.15, 0.2) is 30.6 Å². The summed E-state index contributed by atoms with van der Waals surface area (Å²) in [6, 6.07) is 7.28. The first-order valence-electron chi connectivity index (χ1n) is 5.71. The molecule has 0 saturated heterocycles. The molecule has 0 aliphatic heterocycles. The molecule has 1 aromatic heterocycles. The number of nitrogens with zero attached hydrogens (tertiary/aromatic N) is 3. The van der Waals surface area contributed by atoms with E-state index in [1.165, 1.54) is 4.68 Å². The fraction of sp³-hybridized carbons (Fsp3) is 0.250. The monoisotopic (exact) mass is 245 g/mol. The molecule has 0 radical (unpaired) electrons. The van der Waals surface area contributed by atoms with Crippen LogP contribution >= 0.6 is 0 Å². The quantitative estimate of drug-likeness (QED) is 0.775. The molecule has 2 aromatic rings. The third kappa shape index (κ3) is 2.85. The highest BCUT2D eigenvalue weighted by molar-refractivity contribution is 5.75. The van der Waals surface area contributed by atoms with Crippen LogP contribution < -0.4 is 11.1 Å². The van der Waals surface area contributed by atoms with Crippen LogP contribution in [0, 0.1) is 0 Å². The van der Waals surface area contributed by atoms with Crippen molar-refractivity contribution in [2.24, 2.45) is 0 Å². The molecule has 6 nitrogen and oxygen atoms in total. The van der Waals surface area contributed by atoms with Gasteiger partial charge >= 0.3 is 0 Å². The van der Waals surface area contributed by atoms with E-state index in [0.29, 0.717) is 18.1 Å². The van der Waals surface area contributed by atoms with Gasteiger partial charge in [0.05, 0.1) is 0 Å². The Hall–Kier alpha value is -2.37. The normalized spacial score (nSPS) is 10.3. The summed E-state index contributed by atoms with van der Waals surface area (Å²) in [7, 11) is 0. The van der Waals surface area contributed by atoms with Crippen molar-refractivity contribution < 1.29 is 4.79 Å². The van der Waals surface area contributed by atoms with Crippen molar-refractivity contribution in [2.75, 3.05) is 12.3 Å². The third-order valence-corrected chi connectivity index (χ3v) is 2.38. The maximum atomic E-state index is 11.4. The van der Waals surface area contributed by atoms with Crippen molar-refractivity contribution >= 4 is 11.6 Å². The fourth-order valence-corrected chi connectivity index (χ4v) is 1.54. The highest BCUT2D eigenvalue weighted by Crippen LogP contribution is 2.15. The molecule has 0 unspecified atom stereocenters. The van der Waals surface area contributed by atoms with Gasteiger partial charge in [0.15, 0.2) is 5.82 Å². The fourth-order valence-electron chi connectivity index (χ4n) is 1.54. The number of hydrogen-bond donors (Lipinski definition) is 2. The van der Waals surface area contributed by atoms with Crippen molar-refractivity contribution in [1.82, 2.24) is 20.1 Å². The summed E-state index contributed by atoms with van der Waals surface area (Å²) in [4.78, 5) is 15.5. The number of amides is 1. The molecule has 0 aliphatic carbocycles. The Kier molecular flexibility index (Phi) is 3.57. The summed E-state index contributed by atoms with van der Waals surface area (Å²) in [6.45, 7) is 2.66. The molecule has 1 aromatic carbocycles. The first kappa shape index (κ1) is 12.1. The second-order valence-electron chi connectivity index (χ2n) is 3.84. The molecule has 1 amide bonds. The Bertz CT molecular complexity index is 532. The molecule has 18 heavy (non-hydrogen) atoms. The van der Waals surface area contributed by atoms with Crippen LogP contribution in [0.2, 0.25) is 0 Å². The number of aromatic nitrogens is 3. The van der Waals surface area contributed by atoms with E-state index in [4.69, 9.17) is 5.73 Å². The van der Waals surface area contributed by atoms with Crippen LogP contribution in [0.1, 0.15) is 6.92 Å².